The second kappa shape index (κ2) is 8.68. The number of carboxylic acid groups (broad SMARTS) is 1. The fourth-order valence-electron chi connectivity index (χ4n) is 3.29. The maximum absolute atomic E-state index is 14.5. The first kappa shape index (κ1) is 20.3. The summed E-state index contributed by atoms with van der Waals surface area (Å²) in [6.45, 7) is 0. The largest absolute Gasteiger partial charge is 0.465 e. The van der Waals surface area contributed by atoms with E-state index in [9.17, 15) is 23.2 Å². The Morgan fingerprint density at radius 3 is 2.45 bits per heavy atom. The van der Waals surface area contributed by atoms with E-state index in [4.69, 9.17) is 5.11 Å². The van der Waals surface area contributed by atoms with Crippen molar-refractivity contribution in [2.75, 3.05) is 10.6 Å². The predicted molar refractivity (Wildman–Crippen MR) is 99.4 cm³/mol. The summed E-state index contributed by atoms with van der Waals surface area (Å²) in [6.07, 6.45) is 1.72. The molecule has 1 saturated carbocycles. The number of pyridine rings is 1. The Morgan fingerprint density at radius 2 is 1.79 bits per heavy atom. The van der Waals surface area contributed by atoms with Crippen molar-refractivity contribution in [3.8, 4) is 6.07 Å². The SMILES string of the molecule is N#Cc1cc(F)c(N[C@@H]2CCCC[C@@H]2NC(=O)O)nc1Nc1ccc(F)c(F)c1. The molecule has 4 N–H and O–H groups in total. The molecule has 1 amide bonds. The molecule has 0 unspecified atom stereocenters. The Morgan fingerprint density at radius 1 is 1.07 bits per heavy atom. The van der Waals surface area contributed by atoms with Crippen LogP contribution in [-0.4, -0.2) is 28.3 Å². The molecule has 0 radical (unpaired) electrons. The zero-order valence-electron chi connectivity index (χ0n) is 15.2. The highest BCUT2D eigenvalue weighted by Crippen LogP contribution is 2.27. The van der Waals surface area contributed by atoms with Crippen LogP contribution in [0.25, 0.3) is 0 Å². The van der Waals surface area contributed by atoms with Crippen molar-refractivity contribution in [2.45, 2.75) is 37.8 Å². The third kappa shape index (κ3) is 4.87. The number of carbonyl (C=O) groups is 1. The Hall–Kier alpha value is -3.48. The van der Waals surface area contributed by atoms with Crippen molar-refractivity contribution in [3.05, 3.63) is 47.3 Å². The number of benzene rings is 1. The van der Waals surface area contributed by atoms with Crippen LogP contribution in [-0.2, 0) is 0 Å². The lowest BCUT2D eigenvalue weighted by Crippen LogP contribution is -2.48. The molecule has 29 heavy (non-hydrogen) atoms. The van der Waals surface area contributed by atoms with Gasteiger partial charge in [0, 0.05) is 17.8 Å². The first-order valence-corrected chi connectivity index (χ1v) is 8.96. The highest BCUT2D eigenvalue weighted by Gasteiger charge is 2.28. The van der Waals surface area contributed by atoms with Gasteiger partial charge in [0.25, 0.3) is 0 Å². The summed E-state index contributed by atoms with van der Waals surface area (Å²) < 4.78 is 41.0. The number of aromatic nitrogens is 1. The number of halogens is 3. The van der Waals surface area contributed by atoms with E-state index in [0.29, 0.717) is 12.8 Å². The highest BCUT2D eigenvalue weighted by molar-refractivity contribution is 5.66. The molecule has 0 spiro atoms. The molecule has 0 bridgehead atoms. The Kier molecular flexibility index (Phi) is 6.07. The molecule has 152 valence electrons. The summed E-state index contributed by atoms with van der Waals surface area (Å²) >= 11 is 0. The average Bonchev–Trinajstić information content (AvgIpc) is 2.68. The molecule has 0 saturated heterocycles. The van der Waals surface area contributed by atoms with Crippen molar-refractivity contribution >= 4 is 23.4 Å². The van der Waals surface area contributed by atoms with E-state index in [1.165, 1.54) is 6.07 Å². The first-order valence-electron chi connectivity index (χ1n) is 8.96. The third-order valence-electron chi connectivity index (χ3n) is 4.68. The predicted octanol–water partition coefficient (Wildman–Crippen LogP) is 4.10. The smallest absolute Gasteiger partial charge is 0.404 e. The molecular formula is C19H18F3N5O2. The van der Waals surface area contributed by atoms with Crippen LogP contribution in [0.1, 0.15) is 31.2 Å². The van der Waals surface area contributed by atoms with E-state index in [1.807, 2.05) is 0 Å². The Labute approximate surface area is 164 Å². The van der Waals surface area contributed by atoms with E-state index in [0.717, 1.165) is 31.0 Å². The van der Waals surface area contributed by atoms with Gasteiger partial charge < -0.3 is 21.1 Å². The van der Waals surface area contributed by atoms with Gasteiger partial charge in [-0.15, -0.1) is 0 Å². The number of hydrogen-bond donors (Lipinski definition) is 4. The van der Waals surface area contributed by atoms with Gasteiger partial charge in [0.2, 0.25) is 0 Å². The van der Waals surface area contributed by atoms with Crippen molar-refractivity contribution < 1.29 is 23.1 Å². The Bertz CT molecular complexity index is 964. The Balaban J connectivity index is 1.87. The molecule has 1 heterocycles. The van der Waals surface area contributed by atoms with E-state index in [-0.39, 0.29) is 28.9 Å². The molecule has 7 nitrogen and oxygen atoms in total. The van der Waals surface area contributed by atoms with E-state index in [1.54, 1.807) is 6.07 Å². The monoisotopic (exact) mass is 405 g/mol. The number of anilines is 3. The van der Waals surface area contributed by atoms with E-state index < -0.39 is 29.6 Å². The van der Waals surface area contributed by atoms with Gasteiger partial charge in [-0.1, -0.05) is 12.8 Å². The van der Waals surface area contributed by atoms with Crippen molar-refractivity contribution in [2.24, 2.45) is 0 Å². The first-order chi connectivity index (χ1) is 13.9. The summed E-state index contributed by atoms with van der Waals surface area (Å²) in [7, 11) is 0. The minimum Gasteiger partial charge on any atom is -0.465 e. The fourth-order valence-corrected chi connectivity index (χ4v) is 3.29. The van der Waals surface area contributed by atoms with Crippen LogP contribution in [0.4, 0.5) is 35.3 Å². The molecular weight excluding hydrogens is 387 g/mol. The van der Waals surface area contributed by atoms with Crippen LogP contribution in [0, 0.1) is 28.8 Å². The molecule has 2 atom stereocenters. The van der Waals surface area contributed by atoms with Crippen molar-refractivity contribution in [3.63, 3.8) is 0 Å². The molecule has 1 aliphatic carbocycles. The lowest BCUT2D eigenvalue weighted by molar-refractivity contribution is 0.184. The summed E-state index contributed by atoms with van der Waals surface area (Å²) in [5.74, 6) is -3.10. The number of hydrogen-bond acceptors (Lipinski definition) is 5. The van der Waals surface area contributed by atoms with Crippen molar-refractivity contribution in [1.82, 2.24) is 10.3 Å². The maximum Gasteiger partial charge on any atom is 0.404 e. The van der Waals surface area contributed by atoms with Crippen LogP contribution < -0.4 is 16.0 Å². The number of rotatable bonds is 5. The van der Waals surface area contributed by atoms with E-state index >= 15 is 0 Å². The molecule has 1 aliphatic rings. The minimum atomic E-state index is -1.17. The standard InChI is InChI=1S/C19H18F3N5O2/c20-12-6-5-11(8-13(12)21)24-17-10(9-23)7-14(22)18(27-17)25-15-3-1-2-4-16(15)26-19(28)29/h5-8,15-16,26H,1-4H2,(H,28,29)(H2,24,25,27)/t15-,16+/m1/s1. The second-order valence-corrected chi connectivity index (χ2v) is 6.67. The molecule has 0 aliphatic heterocycles. The number of nitriles is 1. The van der Waals surface area contributed by atoms with Gasteiger partial charge in [0.15, 0.2) is 29.1 Å². The molecule has 10 heteroatoms. The highest BCUT2D eigenvalue weighted by atomic mass is 19.2. The van der Waals surface area contributed by atoms with Gasteiger partial charge in [0.1, 0.15) is 6.07 Å². The topological polar surface area (TPSA) is 110 Å². The molecule has 1 aromatic heterocycles. The molecule has 1 fully saturated rings. The van der Waals surface area contributed by atoms with Crippen LogP contribution >= 0.6 is 0 Å². The molecule has 1 aromatic carbocycles. The van der Waals surface area contributed by atoms with Crippen LogP contribution in [0.2, 0.25) is 0 Å². The number of nitrogens with zero attached hydrogens (tertiary/aromatic N) is 2. The maximum atomic E-state index is 14.5. The zero-order valence-corrected chi connectivity index (χ0v) is 15.2. The summed E-state index contributed by atoms with van der Waals surface area (Å²) in [4.78, 5) is 15.1. The minimum absolute atomic E-state index is 0.0408. The lowest BCUT2D eigenvalue weighted by Gasteiger charge is -2.32. The summed E-state index contributed by atoms with van der Waals surface area (Å²) in [5.41, 5.74) is 0.00943. The van der Waals surface area contributed by atoms with Crippen LogP contribution in [0.5, 0.6) is 0 Å². The van der Waals surface area contributed by atoms with E-state index in [2.05, 4.69) is 20.9 Å². The summed E-state index contributed by atoms with van der Waals surface area (Å²) in [5, 5.41) is 26.2. The van der Waals surface area contributed by atoms with Gasteiger partial charge in [-0.3, -0.25) is 0 Å². The van der Waals surface area contributed by atoms with Gasteiger partial charge in [-0.05, 0) is 31.0 Å². The normalized spacial score (nSPS) is 18.6. The third-order valence-corrected chi connectivity index (χ3v) is 4.68. The molecule has 3 rings (SSSR count). The van der Waals surface area contributed by atoms with Crippen LogP contribution in [0.15, 0.2) is 24.3 Å². The second-order valence-electron chi connectivity index (χ2n) is 6.67. The lowest BCUT2D eigenvalue weighted by atomic mass is 9.90. The average molecular weight is 405 g/mol. The number of amides is 1. The van der Waals surface area contributed by atoms with Gasteiger partial charge in [-0.25, -0.2) is 22.9 Å². The fraction of sp³-hybridized carbons (Fsp3) is 0.316. The summed E-state index contributed by atoms with van der Waals surface area (Å²) in [6, 6.07) is 5.03. The quantitative estimate of drug-likeness (QED) is 0.596. The molecule has 2 aromatic rings. The van der Waals surface area contributed by atoms with Gasteiger partial charge in [-0.2, -0.15) is 5.26 Å². The van der Waals surface area contributed by atoms with Crippen molar-refractivity contribution in [1.29, 1.82) is 5.26 Å². The van der Waals surface area contributed by atoms with Crippen LogP contribution in [0.3, 0.4) is 0 Å². The zero-order chi connectivity index (χ0) is 21.0. The van der Waals surface area contributed by atoms with Gasteiger partial charge >= 0.3 is 6.09 Å². The van der Waals surface area contributed by atoms with Gasteiger partial charge in [0.05, 0.1) is 11.6 Å². The number of nitrogens with one attached hydrogen (secondary N) is 3.